The van der Waals surface area contributed by atoms with Crippen molar-refractivity contribution < 1.29 is 14.0 Å². The Morgan fingerprint density at radius 2 is 1.62 bits per heavy atom. The minimum absolute atomic E-state index is 0.0607. The van der Waals surface area contributed by atoms with Crippen LogP contribution in [-0.4, -0.2) is 39.2 Å². The van der Waals surface area contributed by atoms with Gasteiger partial charge < -0.3 is 14.5 Å². The highest BCUT2D eigenvalue weighted by Crippen LogP contribution is 2.40. The molecule has 0 amide bonds. The fourth-order valence-corrected chi connectivity index (χ4v) is 6.64. The zero-order chi connectivity index (χ0) is 31.4. The molecule has 5 aromatic rings. The standard InChI is InChI=1S/C37H35FN4O3/c1-40-18-4-5-34(43)35(40)23-8-12-26(13-9-23)39-31-15-17-32(42(3)37(31)45)25-11-16-33-28(19-25)29(21-41(33)2)36(44)27-14-10-24(20-30(27)38)22-6-7-22/h8-17,19-22,35,39H,4-7,18H2,1-3H3. The Kier molecular flexibility index (Phi) is 7.25. The highest BCUT2D eigenvalue weighted by atomic mass is 19.1. The quantitative estimate of drug-likeness (QED) is 0.206. The first-order valence-corrected chi connectivity index (χ1v) is 15.4. The van der Waals surface area contributed by atoms with Crippen LogP contribution in [0.3, 0.4) is 0 Å². The number of halogens is 1. The second kappa shape index (κ2) is 11.3. The number of hydrogen-bond acceptors (Lipinski definition) is 5. The maximum Gasteiger partial charge on any atom is 0.274 e. The van der Waals surface area contributed by atoms with Crippen molar-refractivity contribution >= 4 is 33.8 Å². The van der Waals surface area contributed by atoms with Gasteiger partial charge in [0.25, 0.3) is 5.56 Å². The Bertz CT molecular complexity index is 2040. The number of rotatable bonds is 7. The van der Waals surface area contributed by atoms with E-state index in [1.807, 2.05) is 73.3 Å². The molecule has 2 fully saturated rings. The van der Waals surface area contributed by atoms with Crippen molar-refractivity contribution in [2.75, 3.05) is 18.9 Å². The summed E-state index contributed by atoms with van der Waals surface area (Å²) in [5.41, 5.74) is 5.62. The smallest absolute Gasteiger partial charge is 0.274 e. The van der Waals surface area contributed by atoms with Gasteiger partial charge in [-0.15, -0.1) is 0 Å². The van der Waals surface area contributed by atoms with Gasteiger partial charge in [-0.1, -0.05) is 24.3 Å². The van der Waals surface area contributed by atoms with Crippen LogP contribution in [0, 0.1) is 5.82 Å². The Balaban J connectivity index is 1.16. The van der Waals surface area contributed by atoms with Gasteiger partial charge in [0, 0.05) is 48.9 Å². The molecule has 3 heterocycles. The summed E-state index contributed by atoms with van der Waals surface area (Å²) in [6, 6.07) is 21.7. The first kappa shape index (κ1) is 28.9. The number of aryl methyl sites for hydroxylation is 1. The number of ketones is 2. The highest BCUT2D eigenvalue weighted by molar-refractivity contribution is 6.17. The molecule has 2 aliphatic rings. The number of nitrogens with zero attached hydrogens (tertiary/aromatic N) is 3. The molecule has 7 nitrogen and oxygen atoms in total. The molecule has 0 spiro atoms. The normalized spacial score (nSPS) is 17.2. The van der Waals surface area contributed by atoms with Gasteiger partial charge in [0.1, 0.15) is 11.5 Å². The number of aromatic nitrogens is 2. The lowest BCUT2D eigenvalue weighted by atomic mass is 9.94. The maximum absolute atomic E-state index is 15.1. The third kappa shape index (κ3) is 5.29. The lowest BCUT2D eigenvalue weighted by Gasteiger charge is -2.31. The Morgan fingerprint density at radius 1 is 0.867 bits per heavy atom. The van der Waals surface area contributed by atoms with Crippen LogP contribution in [0.2, 0.25) is 0 Å². The van der Waals surface area contributed by atoms with Gasteiger partial charge in [-0.25, -0.2) is 4.39 Å². The van der Waals surface area contributed by atoms with Crippen molar-refractivity contribution in [3.05, 3.63) is 117 Å². The molecule has 1 N–H and O–H groups in total. The molecule has 7 rings (SSSR count). The number of benzene rings is 3. The number of hydrogen-bond donors (Lipinski definition) is 1. The van der Waals surface area contributed by atoms with E-state index in [4.69, 9.17) is 0 Å². The second-order valence-electron chi connectivity index (χ2n) is 12.4. The van der Waals surface area contributed by atoms with Gasteiger partial charge in [-0.05, 0) is 104 Å². The largest absolute Gasteiger partial charge is 0.351 e. The summed E-state index contributed by atoms with van der Waals surface area (Å²) in [5, 5.41) is 3.92. The molecule has 1 aliphatic heterocycles. The van der Waals surface area contributed by atoms with Crippen LogP contribution in [0.5, 0.6) is 0 Å². The zero-order valence-electron chi connectivity index (χ0n) is 25.6. The summed E-state index contributed by atoms with van der Waals surface area (Å²) in [6.07, 6.45) is 5.35. The van der Waals surface area contributed by atoms with E-state index in [-0.39, 0.29) is 28.7 Å². The van der Waals surface area contributed by atoms with Gasteiger partial charge in [0.05, 0.1) is 17.3 Å². The number of anilines is 2. The van der Waals surface area contributed by atoms with Crippen LogP contribution in [0.15, 0.2) is 83.8 Å². The van der Waals surface area contributed by atoms with Crippen molar-refractivity contribution in [2.24, 2.45) is 14.1 Å². The minimum Gasteiger partial charge on any atom is -0.351 e. The minimum atomic E-state index is -0.493. The van der Waals surface area contributed by atoms with E-state index < -0.39 is 5.82 Å². The van der Waals surface area contributed by atoms with Gasteiger partial charge in [-0.2, -0.15) is 0 Å². The summed E-state index contributed by atoms with van der Waals surface area (Å²) in [7, 11) is 5.55. The third-order valence-electron chi connectivity index (χ3n) is 9.31. The third-order valence-corrected chi connectivity index (χ3v) is 9.31. The molecule has 8 heteroatoms. The van der Waals surface area contributed by atoms with Gasteiger partial charge in [0.2, 0.25) is 0 Å². The van der Waals surface area contributed by atoms with E-state index in [1.165, 1.54) is 6.07 Å². The Labute approximate surface area is 260 Å². The molecule has 0 radical (unpaired) electrons. The number of carbonyl (C=O) groups is 2. The van der Waals surface area contributed by atoms with E-state index in [0.29, 0.717) is 34.7 Å². The summed E-state index contributed by atoms with van der Waals surface area (Å²) >= 11 is 0. The van der Waals surface area contributed by atoms with Gasteiger partial charge >= 0.3 is 0 Å². The lowest BCUT2D eigenvalue weighted by molar-refractivity contribution is -0.126. The fraction of sp³-hybridized carbons (Fsp3) is 0.270. The molecule has 2 aromatic heterocycles. The molecule has 1 saturated heterocycles. The van der Waals surface area contributed by atoms with Crippen molar-refractivity contribution in [3.63, 3.8) is 0 Å². The van der Waals surface area contributed by atoms with Gasteiger partial charge in [-0.3, -0.25) is 19.3 Å². The van der Waals surface area contributed by atoms with Crippen molar-refractivity contribution in [3.8, 4) is 11.3 Å². The number of likely N-dealkylation sites (tertiary alicyclic amines) is 1. The average Bonchev–Trinajstić information content (AvgIpc) is 3.83. The molecule has 1 unspecified atom stereocenters. The van der Waals surface area contributed by atoms with E-state index in [9.17, 15) is 14.4 Å². The molecule has 1 saturated carbocycles. The maximum atomic E-state index is 15.1. The molecule has 45 heavy (non-hydrogen) atoms. The SMILES string of the molecule is CN1CCCC(=O)C1c1ccc(Nc2ccc(-c3ccc4c(c3)c(C(=O)c3ccc(C5CC5)cc3F)cn4C)n(C)c2=O)cc1. The zero-order valence-corrected chi connectivity index (χ0v) is 25.6. The number of pyridine rings is 1. The van der Waals surface area contributed by atoms with Crippen LogP contribution < -0.4 is 10.9 Å². The summed E-state index contributed by atoms with van der Waals surface area (Å²) in [4.78, 5) is 41.6. The van der Waals surface area contributed by atoms with Crippen molar-refractivity contribution in [1.29, 1.82) is 0 Å². The predicted octanol–water partition coefficient (Wildman–Crippen LogP) is 6.87. The second-order valence-corrected chi connectivity index (χ2v) is 12.4. The van der Waals surface area contributed by atoms with Crippen LogP contribution in [-0.2, 0) is 18.9 Å². The topological polar surface area (TPSA) is 76.3 Å². The molecule has 1 aliphatic carbocycles. The Hall–Kier alpha value is -4.82. The molecule has 228 valence electrons. The molecule has 0 bridgehead atoms. The lowest BCUT2D eigenvalue weighted by Crippen LogP contribution is -2.36. The molecule has 3 aromatic carbocycles. The van der Waals surface area contributed by atoms with E-state index in [0.717, 1.165) is 53.7 Å². The van der Waals surface area contributed by atoms with Crippen molar-refractivity contribution in [1.82, 2.24) is 14.0 Å². The van der Waals surface area contributed by atoms with Gasteiger partial charge in [0.15, 0.2) is 11.6 Å². The number of Topliss-reactive ketones (excluding diaryl/α,β-unsaturated/α-hetero) is 1. The number of fused-ring (bicyclic) bond motifs is 1. The monoisotopic (exact) mass is 602 g/mol. The first-order chi connectivity index (χ1) is 21.7. The number of nitrogens with one attached hydrogen (secondary N) is 1. The summed E-state index contributed by atoms with van der Waals surface area (Å²) < 4.78 is 18.5. The highest BCUT2D eigenvalue weighted by Gasteiger charge is 2.28. The summed E-state index contributed by atoms with van der Waals surface area (Å²) in [5.74, 6) is -0.226. The molecule has 1 atom stereocenters. The first-order valence-electron chi connectivity index (χ1n) is 15.4. The molecular formula is C37H35FN4O3. The average molecular weight is 603 g/mol. The van der Waals surface area contributed by atoms with E-state index >= 15 is 4.39 Å². The van der Waals surface area contributed by atoms with Crippen LogP contribution >= 0.6 is 0 Å². The summed E-state index contributed by atoms with van der Waals surface area (Å²) in [6.45, 7) is 0.889. The van der Waals surface area contributed by atoms with E-state index in [1.54, 1.807) is 29.9 Å². The van der Waals surface area contributed by atoms with Crippen LogP contribution in [0.4, 0.5) is 15.8 Å². The number of carbonyl (C=O) groups excluding carboxylic acids is 2. The van der Waals surface area contributed by atoms with Crippen LogP contribution in [0.1, 0.15) is 64.7 Å². The van der Waals surface area contributed by atoms with E-state index in [2.05, 4.69) is 10.2 Å². The fourth-order valence-electron chi connectivity index (χ4n) is 6.64. The van der Waals surface area contributed by atoms with Crippen LogP contribution in [0.25, 0.3) is 22.2 Å². The number of likely N-dealkylation sites (N-methyl/N-ethyl adjacent to an activating group) is 1. The molecular weight excluding hydrogens is 567 g/mol. The van der Waals surface area contributed by atoms with Crippen molar-refractivity contribution in [2.45, 2.75) is 37.6 Å². The predicted molar refractivity (Wildman–Crippen MR) is 175 cm³/mol. The number of piperidine rings is 1. The Morgan fingerprint density at radius 3 is 2.33 bits per heavy atom.